The van der Waals surface area contributed by atoms with Crippen LogP contribution in [0.4, 0.5) is 0 Å². The summed E-state index contributed by atoms with van der Waals surface area (Å²) in [4.78, 5) is 0. The number of methoxy groups -OCH3 is 1. The number of rotatable bonds is 7. The molecule has 0 bridgehead atoms. The van der Waals surface area contributed by atoms with E-state index in [-0.39, 0.29) is 0 Å². The van der Waals surface area contributed by atoms with E-state index in [9.17, 15) is 5.11 Å². The molecule has 4 heteroatoms. The fraction of sp³-hybridized carbons (Fsp3) is 0.375. The normalized spacial score (nSPS) is 12.6. The molecule has 108 valence electrons. The van der Waals surface area contributed by atoms with Gasteiger partial charge in [0.25, 0.3) is 0 Å². The molecular weight excluding hydrogens is 254 g/mol. The number of hydrogen-bond donors (Lipinski definition) is 2. The van der Waals surface area contributed by atoms with Crippen LogP contribution in [-0.2, 0) is 11.3 Å². The third-order valence-corrected chi connectivity index (χ3v) is 3.21. The second kappa shape index (κ2) is 7.24. The Labute approximate surface area is 119 Å². The van der Waals surface area contributed by atoms with Crippen molar-refractivity contribution < 1.29 is 19.6 Å². The highest BCUT2D eigenvalue weighted by molar-refractivity contribution is 5.58. The molecule has 3 N–H and O–H groups in total. The van der Waals surface area contributed by atoms with Gasteiger partial charge in [0.05, 0.1) is 19.3 Å². The molecule has 0 amide bonds. The summed E-state index contributed by atoms with van der Waals surface area (Å²) in [5.41, 5.74) is 1.94. The van der Waals surface area contributed by atoms with Crippen LogP contribution in [0, 0.1) is 0 Å². The molecule has 0 aliphatic rings. The fourth-order valence-corrected chi connectivity index (χ4v) is 2.01. The third-order valence-electron chi connectivity index (χ3n) is 3.21. The van der Waals surface area contributed by atoms with Crippen molar-refractivity contribution in [1.29, 1.82) is 0 Å². The molecule has 2 aromatic rings. The number of benzene rings is 1. The van der Waals surface area contributed by atoms with Crippen LogP contribution in [0.25, 0.3) is 11.3 Å². The van der Waals surface area contributed by atoms with E-state index >= 15 is 0 Å². The first kappa shape index (κ1) is 14.8. The summed E-state index contributed by atoms with van der Waals surface area (Å²) >= 11 is 0. The molecule has 1 aromatic heterocycles. The van der Waals surface area contributed by atoms with E-state index in [2.05, 4.69) is 5.32 Å². The van der Waals surface area contributed by atoms with Gasteiger partial charge in [-0.3, -0.25) is 0 Å². The van der Waals surface area contributed by atoms with Crippen molar-refractivity contribution in [2.24, 2.45) is 0 Å². The number of quaternary nitrogens is 1. The quantitative estimate of drug-likeness (QED) is 0.757. The molecular formula is C16H22NO3+. The van der Waals surface area contributed by atoms with Crippen LogP contribution in [0.1, 0.15) is 24.4 Å². The summed E-state index contributed by atoms with van der Waals surface area (Å²) in [6, 6.07) is 11.8. The molecule has 1 aromatic carbocycles. The number of nitrogens with two attached hydrogens (primary N) is 1. The van der Waals surface area contributed by atoms with Gasteiger partial charge in [0.2, 0.25) is 0 Å². The van der Waals surface area contributed by atoms with Gasteiger partial charge < -0.3 is 19.6 Å². The number of furan rings is 1. The van der Waals surface area contributed by atoms with Gasteiger partial charge in [-0.05, 0) is 24.6 Å². The maximum Gasteiger partial charge on any atom is 0.158 e. The van der Waals surface area contributed by atoms with Crippen LogP contribution < -0.4 is 5.32 Å². The van der Waals surface area contributed by atoms with Crippen LogP contribution in [-0.4, -0.2) is 25.4 Å². The van der Waals surface area contributed by atoms with Gasteiger partial charge >= 0.3 is 0 Å². The predicted octanol–water partition coefficient (Wildman–Crippen LogP) is 1.71. The third kappa shape index (κ3) is 3.93. The fourth-order valence-electron chi connectivity index (χ4n) is 2.01. The highest BCUT2D eigenvalue weighted by atomic mass is 16.5. The lowest BCUT2D eigenvalue weighted by molar-refractivity contribution is -0.673. The molecule has 0 radical (unpaired) electrons. The second-order valence-electron chi connectivity index (χ2n) is 4.84. The Bertz CT molecular complexity index is 517. The van der Waals surface area contributed by atoms with Crippen LogP contribution >= 0.6 is 0 Å². The van der Waals surface area contributed by atoms with Gasteiger partial charge in [-0.15, -0.1) is 0 Å². The monoisotopic (exact) mass is 276 g/mol. The molecule has 1 atom stereocenters. The van der Waals surface area contributed by atoms with E-state index < -0.39 is 6.10 Å². The molecule has 0 fully saturated rings. The van der Waals surface area contributed by atoms with Crippen molar-refractivity contribution in [3.05, 3.63) is 47.7 Å². The number of hydrogen-bond acceptors (Lipinski definition) is 3. The average molecular weight is 276 g/mol. The largest absolute Gasteiger partial charge is 0.455 e. The van der Waals surface area contributed by atoms with E-state index in [0.717, 1.165) is 42.3 Å². The van der Waals surface area contributed by atoms with Crippen molar-refractivity contribution >= 4 is 0 Å². The summed E-state index contributed by atoms with van der Waals surface area (Å²) in [6.07, 6.45) is -0.438. The zero-order chi connectivity index (χ0) is 14.4. The Morgan fingerprint density at radius 3 is 2.60 bits per heavy atom. The van der Waals surface area contributed by atoms with E-state index in [1.54, 1.807) is 14.0 Å². The lowest BCUT2D eigenvalue weighted by Gasteiger charge is -2.04. The van der Waals surface area contributed by atoms with Crippen molar-refractivity contribution in [3.8, 4) is 11.3 Å². The molecule has 20 heavy (non-hydrogen) atoms. The van der Waals surface area contributed by atoms with Crippen molar-refractivity contribution in [2.75, 3.05) is 20.3 Å². The zero-order valence-corrected chi connectivity index (χ0v) is 12.0. The molecule has 0 unspecified atom stereocenters. The smallest absolute Gasteiger partial charge is 0.158 e. The van der Waals surface area contributed by atoms with Gasteiger partial charge in [-0.25, -0.2) is 0 Å². The number of ether oxygens (including phenoxy) is 1. The number of aliphatic hydroxyl groups is 1. The maximum atomic E-state index is 9.49. The Hall–Kier alpha value is -1.62. The molecule has 0 saturated carbocycles. The first-order valence-electron chi connectivity index (χ1n) is 6.88. The first-order valence-corrected chi connectivity index (χ1v) is 6.88. The van der Waals surface area contributed by atoms with Gasteiger partial charge in [-0.2, -0.15) is 0 Å². The lowest BCUT2D eigenvalue weighted by Crippen LogP contribution is -2.83. The van der Waals surface area contributed by atoms with Crippen LogP contribution in [0.3, 0.4) is 0 Å². The van der Waals surface area contributed by atoms with Crippen molar-refractivity contribution in [2.45, 2.75) is 19.6 Å². The van der Waals surface area contributed by atoms with Crippen LogP contribution in [0.15, 0.2) is 40.8 Å². The molecule has 0 spiro atoms. The van der Waals surface area contributed by atoms with Gasteiger partial charge in [0.15, 0.2) is 5.76 Å². The lowest BCUT2D eigenvalue weighted by atomic mass is 10.1. The Balaban J connectivity index is 1.97. The van der Waals surface area contributed by atoms with Crippen molar-refractivity contribution in [1.82, 2.24) is 0 Å². The van der Waals surface area contributed by atoms with E-state index in [1.807, 2.05) is 36.4 Å². The van der Waals surface area contributed by atoms with Gasteiger partial charge in [0, 0.05) is 12.7 Å². The first-order chi connectivity index (χ1) is 9.70. The van der Waals surface area contributed by atoms with E-state index in [1.165, 1.54) is 0 Å². The summed E-state index contributed by atoms with van der Waals surface area (Å²) in [6.45, 7) is 4.25. The second-order valence-corrected chi connectivity index (χ2v) is 4.84. The Morgan fingerprint density at radius 1 is 1.20 bits per heavy atom. The summed E-state index contributed by atoms with van der Waals surface area (Å²) in [5.74, 6) is 1.81. The van der Waals surface area contributed by atoms with E-state index in [4.69, 9.17) is 9.15 Å². The minimum Gasteiger partial charge on any atom is -0.455 e. The van der Waals surface area contributed by atoms with E-state index in [0.29, 0.717) is 0 Å². The summed E-state index contributed by atoms with van der Waals surface area (Å²) in [5, 5.41) is 11.6. The topological polar surface area (TPSA) is 59.2 Å². The Morgan fingerprint density at radius 2 is 1.95 bits per heavy atom. The molecule has 1 heterocycles. The maximum absolute atomic E-state index is 9.49. The minimum atomic E-state index is -0.438. The molecule has 2 rings (SSSR count). The molecule has 0 saturated heterocycles. The Kier molecular flexibility index (Phi) is 5.35. The highest BCUT2D eigenvalue weighted by Crippen LogP contribution is 2.23. The van der Waals surface area contributed by atoms with Crippen molar-refractivity contribution in [3.63, 3.8) is 0 Å². The van der Waals surface area contributed by atoms with Crippen LogP contribution in [0.5, 0.6) is 0 Å². The number of aliphatic hydroxyl groups excluding tert-OH is 1. The average Bonchev–Trinajstić information content (AvgIpc) is 2.92. The predicted molar refractivity (Wildman–Crippen MR) is 77.2 cm³/mol. The standard InChI is InChI=1S/C16H21NO3/c1-12(18)13-3-5-14(6-4-13)16-8-7-15(20-16)11-17-9-10-19-2/h3-8,12,17-18H,9-11H2,1-2H3/p+1/t12-/m1/s1. The molecule has 0 aliphatic carbocycles. The summed E-state index contributed by atoms with van der Waals surface area (Å²) in [7, 11) is 1.70. The van der Waals surface area contributed by atoms with Gasteiger partial charge in [-0.1, -0.05) is 24.3 Å². The molecule has 4 nitrogen and oxygen atoms in total. The minimum absolute atomic E-state index is 0.438. The SMILES string of the molecule is COCC[NH2+]Cc1ccc(-c2ccc([C@@H](C)O)cc2)o1. The zero-order valence-electron chi connectivity index (χ0n) is 12.0. The van der Waals surface area contributed by atoms with Crippen LogP contribution in [0.2, 0.25) is 0 Å². The summed E-state index contributed by atoms with van der Waals surface area (Å²) < 4.78 is 10.8. The molecule has 0 aliphatic heterocycles. The van der Waals surface area contributed by atoms with Gasteiger partial charge in [0.1, 0.15) is 12.3 Å². The highest BCUT2D eigenvalue weighted by Gasteiger charge is 2.07.